The van der Waals surface area contributed by atoms with E-state index in [0.29, 0.717) is 19.4 Å². The van der Waals surface area contributed by atoms with Gasteiger partial charge in [0.25, 0.3) is 6.29 Å². The van der Waals surface area contributed by atoms with Crippen LogP contribution in [0.1, 0.15) is 159 Å². The second kappa shape index (κ2) is 19.3. The third kappa shape index (κ3) is 9.45. The summed E-state index contributed by atoms with van der Waals surface area (Å²) in [6.45, 7) is 24.2. The van der Waals surface area contributed by atoms with Crippen LogP contribution in [0.4, 0.5) is 0 Å². The number of epoxide rings is 1. The summed E-state index contributed by atoms with van der Waals surface area (Å²) >= 11 is 0. The molecule has 0 spiro atoms. The Kier molecular flexibility index (Phi) is 14.3. The highest BCUT2D eigenvalue weighted by molar-refractivity contribution is 5.70. The maximum absolute atomic E-state index is 13.5. The van der Waals surface area contributed by atoms with Gasteiger partial charge in [-0.05, 0) is 130 Å². The van der Waals surface area contributed by atoms with Gasteiger partial charge in [0.15, 0.2) is 0 Å². The molecule has 2 aromatic rings. The van der Waals surface area contributed by atoms with Crippen LogP contribution >= 0.6 is 0 Å². The van der Waals surface area contributed by atoms with Gasteiger partial charge >= 0.3 is 5.97 Å². The van der Waals surface area contributed by atoms with Crippen molar-refractivity contribution in [1.29, 1.82) is 0 Å². The number of aliphatic hydroxyl groups is 2. The molecule has 9 heteroatoms. The fourth-order valence-corrected chi connectivity index (χ4v) is 11.0. The molecule has 6 heterocycles. The maximum atomic E-state index is 13.5. The van der Waals surface area contributed by atoms with Gasteiger partial charge in [-0.2, -0.15) is 0 Å². The number of carbonyl (C=O) groups is 1. The quantitative estimate of drug-likeness (QED) is 0.0387. The van der Waals surface area contributed by atoms with Crippen LogP contribution in [-0.2, 0) is 20.3 Å². The predicted octanol–water partition coefficient (Wildman–Crippen LogP) is 8.71. The number of H-pyrrole nitrogens is 2. The highest BCUT2D eigenvalue weighted by Crippen LogP contribution is 2.47. The zero-order chi connectivity index (χ0) is 43.7. The smallest absolute Gasteiger partial charge is 0.306 e. The van der Waals surface area contributed by atoms with E-state index in [1.54, 1.807) is 0 Å². The Morgan fingerprint density at radius 1 is 0.951 bits per heavy atom. The molecule has 5 aliphatic rings. The van der Waals surface area contributed by atoms with Crippen molar-refractivity contribution in [1.82, 2.24) is 20.6 Å². The molecule has 1 aliphatic carbocycles. The lowest BCUT2D eigenvalue weighted by molar-refractivity contribution is -0.179. The molecule has 2 aromatic heterocycles. The van der Waals surface area contributed by atoms with E-state index in [1.165, 1.54) is 66.5 Å². The van der Waals surface area contributed by atoms with Crippen LogP contribution in [0.2, 0.25) is 0 Å². The van der Waals surface area contributed by atoms with Crippen LogP contribution in [0.25, 0.3) is 17.7 Å². The molecule has 2 fully saturated rings. The minimum absolute atomic E-state index is 0.0104. The first-order valence-electron chi connectivity index (χ1n) is 23.9. The predicted molar refractivity (Wildman–Crippen MR) is 247 cm³/mol. The van der Waals surface area contributed by atoms with Crippen LogP contribution in [0, 0.1) is 49.4 Å². The molecule has 9 nitrogen and oxygen atoms in total. The molecule has 7 rings (SSSR count). The molecule has 61 heavy (non-hydrogen) atoms. The molecular weight excluding hydrogens is 761 g/mol. The summed E-state index contributed by atoms with van der Waals surface area (Å²) in [6, 6.07) is -0.228. The zero-order valence-electron chi connectivity index (χ0n) is 39.0. The average Bonchev–Trinajstić information content (AvgIpc) is 3.68. The summed E-state index contributed by atoms with van der Waals surface area (Å²) in [5, 5.41) is 33.8. The van der Waals surface area contributed by atoms with E-state index in [0.717, 1.165) is 94.5 Å². The Balaban J connectivity index is 1.17. The number of ether oxygens (including phenoxy) is 1. The van der Waals surface area contributed by atoms with E-state index in [4.69, 9.17) is 4.74 Å². The topological polar surface area (TPSA) is 125 Å². The zero-order valence-corrected chi connectivity index (χ0v) is 39.0. The van der Waals surface area contributed by atoms with Gasteiger partial charge in [0, 0.05) is 63.0 Å². The van der Waals surface area contributed by atoms with Crippen molar-refractivity contribution >= 4 is 23.7 Å². The molecule has 8 bridgehead atoms. The Bertz CT molecular complexity index is 2180. The van der Waals surface area contributed by atoms with E-state index in [-0.39, 0.29) is 29.8 Å². The number of aromatic nitrogens is 2. The molecule has 0 radical (unpaired) electrons. The number of nitrogens with one attached hydrogen (secondary N) is 4. The summed E-state index contributed by atoms with van der Waals surface area (Å²) in [7, 11) is 0. The molecule has 2 unspecified atom stereocenters. The molecule has 0 saturated carbocycles. The van der Waals surface area contributed by atoms with Crippen molar-refractivity contribution in [3.05, 3.63) is 84.7 Å². The molecule has 0 amide bonds. The van der Waals surface area contributed by atoms with Gasteiger partial charge in [-0.15, -0.1) is 0 Å². The third-order valence-electron chi connectivity index (χ3n) is 15.3. The number of allylic oxidation sites excluding steroid dienone is 4. The fraction of sp³-hybridized carbons (Fsp3) is 0.635. The van der Waals surface area contributed by atoms with Gasteiger partial charge in [-0.3, -0.25) is 4.79 Å². The summed E-state index contributed by atoms with van der Waals surface area (Å²) < 4.78 is 8.82. The Morgan fingerprint density at radius 3 is 2.39 bits per heavy atom. The SMILES string of the molecule is CCc1c2[nH]c(c1C)/C=C1\NC(=C(C)[C@H]1CC)/C=C1\NC(C3=c4[nH]/c(c(C)c4[C@H](O)[C@@H]3C(O)[O+]3CC3)=C\2)[C@@H](CCC(=O)OC/C=C(/C)CCC[C@@H](C)CCC[C@H](C)CC)[C@@H]1C. The van der Waals surface area contributed by atoms with Gasteiger partial charge in [0.2, 0.25) is 13.2 Å². The van der Waals surface area contributed by atoms with E-state index < -0.39 is 18.3 Å². The van der Waals surface area contributed by atoms with E-state index in [2.05, 4.69) is 119 Å². The standard InChI is InChI=1S/C52H77N4O5/c1-11-29(4)16-14-17-30(5)18-15-19-31(6)22-23-60-45(57)21-20-38-34(9)41-26-39-32(7)36(12-2)43(53-39)27-40-33(8)37(13-3)44(54-40)28-42-35(10)46-50(56-42)47(49(38)55-41)48(51(46)58)52(59)61-24-25-61/h22,26-30,34,36,38,48-49,51-56,58-59H,11-21,23-25H2,1-10H3/q+1/b31-22-,41-26-,42-28-,43-27-/t29-,30+,34+,36-,38+,48-,49?,51+,52?/m1/s1. The lowest BCUT2D eigenvalue weighted by Gasteiger charge is -2.29. The Labute approximate surface area is 365 Å². The second-order valence-electron chi connectivity index (χ2n) is 19.4. The fourth-order valence-electron chi connectivity index (χ4n) is 11.0. The number of hydrogen-bond donors (Lipinski definition) is 6. The van der Waals surface area contributed by atoms with Crippen LogP contribution < -0.4 is 21.3 Å². The summed E-state index contributed by atoms with van der Waals surface area (Å²) in [4.78, 5) is 21.0. The van der Waals surface area contributed by atoms with E-state index in [9.17, 15) is 15.0 Å². The molecule has 2 saturated heterocycles. The minimum atomic E-state index is -0.897. The van der Waals surface area contributed by atoms with Crippen LogP contribution in [-0.4, -0.2) is 58.3 Å². The second-order valence-corrected chi connectivity index (χ2v) is 19.4. The Hall–Kier alpha value is -3.79. The number of hydrogen-bond acceptors (Lipinski definition) is 6. The molecule has 0 aromatic carbocycles. The first-order valence-corrected chi connectivity index (χ1v) is 23.9. The van der Waals surface area contributed by atoms with Crippen molar-refractivity contribution < 1.29 is 24.1 Å². The van der Waals surface area contributed by atoms with Crippen molar-refractivity contribution in [3.8, 4) is 0 Å². The van der Waals surface area contributed by atoms with E-state index >= 15 is 0 Å². The molecule has 4 aliphatic heterocycles. The molecule has 334 valence electrons. The van der Waals surface area contributed by atoms with Gasteiger partial charge in [-0.25, -0.2) is 0 Å². The van der Waals surface area contributed by atoms with Crippen molar-refractivity contribution in [3.63, 3.8) is 0 Å². The number of esters is 1. The van der Waals surface area contributed by atoms with Crippen molar-refractivity contribution in [2.45, 2.75) is 158 Å². The third-order valence-corrected chi connectivity index (χ3v) is 15.3. The number of aliphatic hydroxyl groups excluding tert-OH is 2. The number of rotatable bonds is 18. The largest absolute Gasteiger partial charge is 0.461 e. The van der Waals surface area contributed by atoms with Crippen LogP contribution in [0.3, 0.4) is 0 Å². The highest BCUT2D eigenvalue weighted by Gasteiger charge is 2.54. The van der Waals surface area contributed by atoms with Crippen molar-refractivity contribution in [2.24, 2.45) is 35.5 Å². The molecule has 6 N–H and O–H groups in total. The van der Waals surface area contributed by atoms with Gasteiger partial charge in [-0.1, -0.05) is 79.2 Å². The van der Waals surface area contributed by atoms with E-state index in [1.807, 2.05) is 0 Å². The first-order chi connectivity index (χ1) is 29.3. The molecule has 9 atom stereocenters. The van der Waals surface area contributed by atoms with Crippen LogP contribution in [0.5, 0.6) is 0 Å². The number of carbonyl (C=O) groups excluding carboxylic acids is 1. The van der Waals surface area contributed by atoms with Crippen molar-refractivity contribution in [2.75, 3.05) is 19.8 Å². The highest BCUT2D eigenvalue weighted by atomic mass is 16.8. The first kappa shape index (κ1) is 45.2. The van der Waals surface area contributed by atoms with Crippen LogP contribution in [0.15, 0.2) is 40.4 Å². The Morgan fingerprint density at radius 2 is 1.69 bits per heavy atom. The number of aromatic amines is 2. The summed E-state index contributed by atoms with van der Waals surface area (Å²) in [5.41, 5.74) is 13.5. The summed E-state index contributed by atoms with van der Waals surface area (Å²) in [5.74, 6) is 1.19. The average molecular weight is 838 g/mol. The minimum Gasteiger partial charge on any atom is -0.461 e. The lowest BCUT2D eigenvalue weighted by atomic mass is 9.79. The normalized spacial score (nSPS) is 28.4. The van der Waals surface area contributed by atoms with Gasteiger partial charge < -0.3 is 39.9 Å². The summed E-state index contributed by atoms with van der Waals surface area (Å²) in [6.07, 6.45) is 18.5. The van der Waals surface area contributed by atoms with Gasteiger partial charge in [0.1, 0.15) is 12.5 Å². The lowest BCUT2D eigenvalue weighted by Crippen LogP contribution is -2.39. The monoisotopic (exact) mass is 838 g/mol. The molecular formula is C52H77N4O5+. The maximum Gasteiger partial charge on any atom is 0.306 e. The number of fused-ring (bicyclic) bond motifs is 8. The van der Waals surface area contributed by atoms with Gasteiger partial charge in [0.05, 0.1) is 12.1 Å².